The maximum absolute atomic E-state index is 12.8. The van der Waals surface area contributed by atoms with Gasteiger partial charge in [0, 0.05) is 55.7 Å². The molecule has 2 aliphatic heterocycles. The van der Waals surface area contributed by atoms with Crippen LogP contribution in [0.4, 0.5) is 16.6 Å². The number of aromatic nitrogens is 3. The third-order valence-corrected chi connectivity index (χ3v) is 6.57. The molecule has 200 valence electrons. The Kier molecular flexibility index (Phi) is 7.02. The van der Waals surface area contributed by atoms with Crippen molar-refractivity contribution >= 4 is 34.7 Å². The van der Waals surface area contributed by atoms with E-state index in [1.807, 2.05) is 45.0 Å². The van der Waals surface area contributed by atoms with Gasteiger partial charge in [-0.3, -0.25) is 4.79 Å². The summed E-state index contributed by atoms with van der Waals surface area (Å²) in [6.45, 7) is 8.96. The summed E-state index contributed by atoms with van der Waals surface area (Å²) >= 11 is 0. The largest absolute Gasteiger partial charge is 0.444 e. The van der Waals surface area contributed by atoms with Crippen molar-refractivity contribution in [3.8, 4) is 11.1 Å². The molecule has 3 N–H and O–H groups in total. The number of ether oxygens (including phenoxy) is 2. The molecule has 2 aliphatic rings. The summed E-state index contributed by atoms with van der Waals surface area (Å²) in [5.74, 6) is 0.775. The molecule has 0 aliphatic carbocycles. The Labute approximate surface area is 221 Å². The summed E-state index contributed by atoms with van der Waals surface area (Å²) in [5.41, 5.74) is 8.52. The average molecular weight is 520 g/mol. The highest BCUT2D eigenvalue weighted by Crippen LogP contribution is 2.30. The fraction of sp³-hybridized carbons (Fsp3) is 0.444. The van der Waals surface area contributed by atoms with Crippen molar-refractivity contribution in [1.82, 2.24) is 24.8 Å². The Morgan fingerprint density at radius 3 is 2.50 bits per heavy atom. The first-order chi connectivity index (χ1) is 18.2. The van der Waals surface area contributed by atoms with Crippen LogP contribution >= 0.6 is 0 Å². The molecule has 1 unspecified atom stereocenters. The minimum Gasteiger partial charge on any atom is -0.444 e. The highest BCUT2D eigenvalue weighted by atomic mass is 16.6. The van der Waals surface area contributed by atoms with Gasteiger partial charge < -0.3 is 30.3 Å². The zero-order chi connectivity index (χ0) is 26.9. The van der Waals surface area contributed by atoms with E-state index in [0.717, 1.165) is 17.5 Å². The maximum atomic E-state index is 12.8. The normalized spacial score (nSPS) is 18.0. The van der Waals surface area contributed by atoms with Crippen molar-refractivity contribution in [1.29, 1.82) is 0 Å². The Balaban J connectivity index is 1.34. The predicted octanol–water partition coefficient (Wildman–Crippen LogP) is 3.17. The number of rotatable bonds is 4. The summed E-state index contributed by atoms with van der Waals surface area (Å²) in [4.78, 5) is 42.3. The van der Waals surface area contributed by atoms with Crippen molar-refractivity contribution in [2.75, 3.05) is 50.4 Å². The topological polar surface area (TPSA) is 136 Å². The first-order valence-corrected chi connectivity index (χ1v) is 12.8. The Bertz CT molecular complexity index is 1330. The lowest BCUT2D eigenvalue weighted by atomic mass is 10.0. The van der Waals surface area contributed by atoms with Crippen molar-refractivity contribution in [2.24, 2.45) is 0 Å². The molecule has 0 saturated carbocycles. The highest BCUT2D eigenvalue weighted by molar-refractivity contribution is 5.99. The number of hydrogen-bond acceptors (Lipinski definition) is 9. The number of likely N-dealkylation sites (tertiary alicyclic amines) is 1. The fourth-order valence-electron chi connectivity index (χ4n) is 4.61. The maximum Gasteiger partial charge on any atom is 0.410 e. The molecule has 3 aromatic rings. The van der Waals surface area contributed by atoms with E-state index < -0.39 is 5.60 Å². The number of nitrogens with two attached hydrogens (primary N) is 1. The summed E-state index contributed by atoms with van der Waals surface area (Å²) in [6.07, 6.45) is 3.78. The van der Waals surface area contributed by atoms with E-state index in [-0.39, 0.29) is 18.0 Å². The van der Waals surface area contributed by atoms with Gasteiger partial charge in [-0.1, -0.05) is 12.1 Å². The molecule has 11 heteroatoms. The molecule has 2 saturated heterocycles. The van der Waals surface area contributed by atoms with E-state index in [0.29, 0.717) is 67.6 Å². The highest BCUT2D eigenvalue weighted by Gasteiger charge is 2.30. The van der Waals surface area contributed by atoms with Gasteiger partial charge in [0.2, 0.25) is 5.95 Å². The number of benzene rings is 1. The SMILES string of the molecule is CC(C)(C)OC(=O)N1CCC(Nc2ncc3c(N)ncc(-c4ccc(C(=O)N5CCOCC5)cc4)c3n2)C1. The lowest BCUT2D eigenvalue weighted by Crippen LogP contribution is -2.40. The van der Waals surface area contributed by atoms with Gasteiger partial charge in [0.15, 0.2) is 0 Å². The van der Waals surface area contributed by atoms with Crippen molar-refractivity contribution in [2.45, 2.75) is 38.8 Å². The third kappa shape index (κ3) is 5.62. The van der Waals surface area contributed by atoms with E-state index in [2.05, 4.69) is 15.3 Å². The van der Waals surface area contributed by atoms with Crippen LogP contribution in [0.25, 0.3) is 22.0 Å². The Hall–Kier alpha value is -3.99. The van der Waals surface area contributed by atoms with E-state index in [1.165, 1.54) is 0 Å². The first kappa shape index (κ1) is 25.7. The molecule has 2 fully saturated rings. The summed E-state index contributed by atoms with van der Waals surface area (Å²) in [5, 5.41) is 3.99. The van der Waals surface area contributed by atoms with E-state index in [1.54, 1.807) is 22.2 Å². The van der Waals surface area contributed by atoms with Crippen LogP contribution < -0.4 is 11.1 Å². The number of amides is 2. The zero-order valence-electron chi connectivity index (χ0n) is 21.9. The van der Waals surface area contributed by atoms with Gasteiger partial charge in [0.25, 0.3) is 5.91 Å². The number of carbonyl (C=O) groups excluding carboxylic acids is 2. The molecule has 38 heavy (non-hydrogen) atoms. The molecule has 0 radical (unpaired) electrons. The van der Waals surface area contributed by atoms with Crippen molar-refractivity contribution in [3.05, 3.63) is 42.2 Å². The zero-order valence-corrected chi connectivity index (χ0v) is 21.9. The van der Waals surface area contributed by atoms with Crippen LogP contribution in [0.2, 0.25) is 0 Å². The second-order valence-corrected chi connectivity index (χ2v) is 10.6. The Morgan fingerprint density at radius 2 is 1.79 bits per heavy atom. The van der Waals surface area contributed by atoms with Crippen LogP contribution in [0.1, 0.15) is 37.6 Å². The summed E-state index contributed by atoms with van der Waals surface area (Å²) < 4.78 is 10.8. The smallest absolute Gasteiger partial charge is 0.410 e. The molecule has 0 bridgehead atoms. The van der Waals surface area contributed by atoms with Gasteiger partial charge in [-0.25, -0.2) is 19.7 Å². The number of nitrogens with one attached hydrogen (secondary N) is 1. The first-order valence-electron chi connectivity index (χ1n) is 12.8. The minimum absolute atomic E-state index is 0.00640. The monoisotopic (exact) mass is 519 g/mol. The molecule has 4 heterocycles. The molecule has 0 spiro atoms. The third-order valence-electron chi connectivity index (χ3n) is 6.57. The molecule has 5 rings (SSSR count). The van der Waals surface area contributed by atoms with Crippen LogP contribution in [-0.4, -0.2) is 87.8 Å². The summed E-state index contributed by atoms with van der Waals surface area (Å²) in [7, 11) is 0. The van der Waals surface area contributed by atoms with Gasteiger partial charge in [-0.15, -0.1) is 0 Å². The van der Waals surface area contributed by atoms with Gasteiger partial charge in [0.05, 0.1) is 24.1 Å². The van der Waals surface area contributed by atoms with Gasteiger partial charge in [0.1, 0.15) is 11.4 Å². The van der Waals surface area contributed by atoms with Crippen LogP contribution in [0.5, 0.6) is 0 Å². The lowest BCUT2D eigenvalue weighted by Gasteiger charge is -2.26. The van der Waals surface area contributed by atoms with E-state index in [4.69, 9.17) is 20.2 Å². The predicted molar refractivity (Wildman–Crippen MR) is 144 cm³/mol. The number of nitrogen functional groups attached to an aromatic ring is 1. The summed E-state index contributed by atoms with van der Waals surface area (Å²) in [6, 6.07) is 7.42. The molecule has 2 amide bonds. The van der Waals surface area contributed by atoms with Crippen molar-refractivity contribution < 1.29 is 19.1 Å². The van der Waals surface area contributed by atoms with Gasteiger partial charge >= 0.3 is 6.09 Å². The van der Waals surface area contributed by atoms with Crippen molar-refractivity contribution in [3.63, 3.8) is 0 Å². The second kappa shape index (κ2) is 10.4. The number of morpholine rings is 1. The Morgan fingerprint density at radius 1 is 1.05 bits per heavy atom. The molecule has 11 nitrogen and oxygen atoms in total. The fourth-order valence-corrected chi connectivity index (χ4v) is 4.61. The number of nitrogens with zero attached hydrogens (tertiary/aromatic N) is 5. The lowest BCUT2D eigenvalue weighted by molar-refractivity contribution is 0.0292. The van der Waals surface area contributed by atoms with Crippen LogP contribution in [-0.2, 0) is 9.47 Å². The van der Waals surface area contributed by atoms with E-state index >= 15 is 0 Å². The van der Waals surface area contributed by atoms with Crippen LogP contribution in [0.3, 0.4) is 0 Å². The van der Waals surface area contributed by atoms with E-state index in [9.17, 15) is 9.59 Å². The van der Waals surface area contributed by atoms with Gasteiger partial charge in [-0.2, -0.15) is 0 Å². The number of fused-ring (bicyclic) bond motifs is 1. The number of hydrogen-bond donors (Lipinski definition) is 2. The number of carbonyl (C=O) groups is 2. The van der Waals surface area contributed by atoms with Crippen LogP contribution in [0, 0.1) is 0 Å². The molecule has 1 atom stereocenters. The number of pyridine rings is 1. The standard InChI is InChI=1S/C27H33N7O4/c1-27(2,3)38-26(36)34-9-8-19(16-34)31-25-30-15-21-22(32-25)20(14-29-23(21)28)17-4-6-18(7-5-17)24(35)33-10-12-37-13-11-33/h4-7,14-15,19H,8-13,16H2,1-3H3,(H2,28,29)(H,30,31,32). The number of anilines is 2. The molecule has 1 aromatic carbocycles. The minimum atomic E-state index is -0.539. The molecular formula is C27H33N7O4. The molecule has 2 aromatic heterocycles. The second-order valence-electron chi connectivity index (χ2n) is 10.6. The molecular weight excluding hydrogens is 486 g/mol. The quantitative estimate of drug-likeness (QED) is 0.533. The van der Waals surface area contributed by atoms with Crippen LogP contribution in [0.15, 0.2) is 36.7 Å². The van der Waals surface area contributed by atoms with Gasteiger partial charge in [-0.05, 0) is 44.9 Å². The average Bonchev–Trinajstić information content (AvgIpc) is 3.37.